The predicted molar refractivity (Wildman–Crippen MR) is 127 cm³/mol. The second kappa shape index (κ2) is 8.85. The number of hydrogen-bond acceptors (Lipinski definition) is 3. The zero-order valence-electron chi connectivity index (χ0n) is 17.7. The summed E-state index contributed by atoms with van der Waals surface area (Å²) in [5.41, 5.74) is 4.37. The molecule has 162 valence electrons. The van der Waals surface area contributed by atoms with Gasteiger partial charge in [-0.15, -0.1) is 0 Å². The molecule has 1 saturated heterocycles. The van der Waals surface area contributed by atoms with Crippen LogP contribution >= 0.6 is 0 Å². The predicted octanol–water partition coefficient (Wildman–Crippen LogP) is 4.88. The van der Waals surface area contributed by atoms with Crippen molar-refractivity contribution < 1.29 is 9.18 Å². The molecule has 1 fully saturated rings. The van der Waals surface area contributed by atoms with Crippen molar-refractivity contribution in [1.82, 2.24) is 9.88 Å². The monoisotopic (exact) mass is 428 g/mol. The van der Waals surface area contributed by atoms with Gasteiger partial charge in [-0.2, -0.15) is 0 Å². The van der Waals surface area contributed by atoms with E-state index in [0.717, 1.165) is 49.6 Å². The van der Waals surface area contributed by atoms with Gasteiger partial charge < -0.3 is 15.2 Å². The van der Waals surface area contributed by atoms with Gasteiger partial charge >= 0.3 is 0 Å². The quantitative estimate of drug-likeness (QED) is 0.476. The third kappa shape index (κ3) is 4.50. The summed E-state index contributed by atoms with van der Waals surface area (Å²) < 4.78 is 13.4. The summed E-state index contributed by atoms with van der Waals surface area (Å²) in [5.74, 6) is -0.566. The van der Waals surface area contributed by atoms with E-state index in [2.05, 4.69) is 50.4 Å². The number of rotatable bonds is 5. The molecule has 0 bridgehead atoms. The van der Waals surface area contributed by atoms with Crippen molar-refractivity contribution in [3.05, 3.63) is 95.9 Å². The van der Waals surface area contributed by atoms with Crippen LogP contribution in [0.4, 0.5) is 15.8 Å². The van der Waals surface area contributed by atoms with Crippen molar-refractivity contribution in [2.75, 3.05) is 36.4 Å². The number of amides is 1. The Hall–Kier alpha value is -3.64. The molecule has 0 atom stereocenters. The zero-order valence-corrected chi connectivity index (χ0v) is 17.7. The van der Waals surface area contributed by atoms with Gasteiger partial charge in [-0.1, -0.05) is 30.3 Å². The first kappa shape index (κ1) is 20.3. The van der Waals surface area contributed by atoms with Crippen LogP contribution in [0.25, 0.3) is 10.9 Å². The molecule has 1 aliphatic rings. The Kier molecular flexibility index (Phi) is 5.60. The maximum atomic E-state index is 13.4. The van der Waals surface area contributed by atoms with Crippen molar-refractivity contribution in [2.45, 2.75) is 6.54 Å². The third-order valence-electron chi connectivity index (χ3n) is 5.94. The Labute approximate surface area is 186 Å². The molecule has 0 saturated carbocycles. The molecular weight excluding hydrogens is 403 g/mol. The number of H-pyrrole nitrogens is 1. The topological polar surface area (TPSA) is 51.4 Å². The van der Waals surface area contributed by atoms with Crippen LogP contribution in [-0.2, 0) is 6.54 Å². The largest absolute Gasteiger partial charge is 0.369 e. The number of aromatic amines is 1. The lowest BCUT2D eigenvalue weighted by atomic mass is 10.2. The van der Waals surface area contributed by atoms with E-state index in [1.54, 1.807) is 12.1 Å². The Morgan fingerprint density at radius 3 is 2.41 bits per heavy atom. The highest BCUT2D eigenvalue weighted by atomic mass is 19.1. The summed E-state index contributed by atoms with van der Waals surface area (Å²) in [6, 6.07) is 24.6. The maximum Gasteiger partial charge on any atom is 0.272 e. The number of benzene rings is 3. The lowest BCUT2D eigenvalue weighted by Crippen LogP contribution is -2.45. The number of fused-ring (bicyclic) bond motifs is 1. The van der Waals surface area contributed by atoms with Crippen LogP contribution in [0.1, 0.15) is 16.1 Å². The Bertz CT molecular complexity index is 1210. The number of hydrogen-bond donors (Lipinski definition) is 2. The summed E-state index contributed by atoms with van der Waals surface area (Å²) in [5, 5.41) is 3.59. The van der Waals surface area contributed by atoms with Crippen LogP contribution in [-0.4, -0.2) is 42.0 Å². The summed E-state index contributed by atoms with van der Waals surface area (Å²) in [7, 11) is 0. The van der Waals surface area contributed by atoms with E-state index < -0.39 is 0 Å². The van der Waals surface area contributed by atoms with Crippen molar-refractivity contribution in [3.8, 4) is 0 Å². The van der Waals surface area contributed by atoms with Crippen molar-refractivity contribution in [3.63, 3.8) is 0 Å². The fourth-order valence-electron chi connectivity index (χ4n) is 4.19. The SMILES string of the molecule is O=C(Nc1ccc(N2CCN(Cc3ccccc3)CC2)cc1)c1cc2cc(F)ccc2[nH]1. The van der Waals surface area contributed by atoms with Gasteiger partial charge in [0.25, 0.3) is 5.91 Å². The zero-order chi connectivity index (χ0) is 21.9. The van der Waals surface area contributed by atoms with Crippen LogP contribution in [0, 0.1) is 5.82 Å². The van der Waals surface area contributed by atoms with Crippen molar-refractivity contribution in [2.24, 2.45) is 0 Å². The molecule has 32 heavy (non-hydrogen) atoms. The average Bonchev–Trinajstić information content (AvgIpc) is 3.24. The van der Waals surface area contributed by atoms with Crippen LogP contribution in [0.3, 0.4) is 0 Å². The van der Waals surface area contributed by atoms with E-state index in [-0.39, 0.29) is 11.7 Å². The summed E-state index contributed by atoms with van der Waals surface area (Å²) in [6.45, 7) is 4.98. The summed E-state index contributed by atoms with van der Waals surface area (Å²) in [4.78, 5) is 20.5. The Morgan fingerprint density at radius 2 is 1.66 bits per heavy atom. The molecule has 5 rings (SSSR count). The van der Waals surface area contributed by atoms with E-state index in [1.165, 1.54) is 17.7 Å². The molecule has 3 aromatic carbocycles. The molecule has 1 aliphatic heterocycles. The van der Waals surface area contributed by atoms with Gasteiger partial charge in [-0.05, 0) is 54.1 Å². The standard InChI is InChI=1S/C26H25FN4O/c27-21-6-11-24-20(16-21)17-25(29-24)26(32)28-22-7-9-23(10-8-22)31-14-12-30(13-15-31)18-19-4-2-1-3-5-19/h1-11,16-17,29H,12-15,18H2,(H,28,32). The minimum Gasteiger partial charge on any atom is -0.369 e. The van der Waals surface area contributed by atoms with E-state index in [4.69, 9.17) is 0 Å². The number of carbonyl (C=O) groups excluding carboxylic acids is 1. The van der Waals surface area contributed by atoms with Gasteiger partial charge in [-0.3, -0.25) is 9.69 Å². The lowest BCUT2D eigenvalue weighted by molar-refractivity contribution is 0.102. The Morgan fingerprint density at radius 1 is 0.906 bits per heavy atom. The number of anilines is 2. The fourth-order valence-corrected chi connectivity index (χ4v) is 4.19. The minimum absolute atomic E-state index is 0.246. The normalized spacial score (nSPS) is 14.6. The molecule has 0 unspecified atom stereocenters. The number of aromatic nitrogens is 1. The van der Waals surface area contributed by atoms with Gasteiger partial charge in [0.15, 0.2) is 0 Å². The molecule has 6 heteroatoms. The highest BCUT2D eigenvalue weighted by molar-refractivity contribution is 6.06. The lowest BCUT2D eigenvalue weighted by Gasteiger charge is -2.36. The number of nitrogens with one attached hydrogen (secondary N) is 2. The number of carbonyl (C=O) groups is 1. The number of nitrogens with zero attached hydrogens (tertiary/aromatic N) is 2. The first-order chi connectivity index (χ1) is 15.6. The first-order valence-corrected chi connectivity index (χ1v) is 10.8. The molecule has 0 radical (unpaired) electrons. The van der Waals surface area contributed by atoms with Crippen LogP contribution in [0.5, 0.6) is 0 Å². The highest BCUT2D eigenvalue weighted by Crippen LogP contribution is 2.22. The Balaban J connectivity index is 1.17. The van der Waals surface area contributed by atoms with Gasteiger partial charge in [0.05, 0.1) is 0 Å². The first-order valence-electron chi connectivity index (χ1n) is 10.8. The molecule has 0 aliphatic carbocycles. The summed E-state index contributed by atoms with van der Waals surface area (Å²) >= 11 is 0. The highest BCUT2D eigenvalue weighted by Gasteiger charge is 2.17. The molecule has 1 amide bonds. The maximum absolute atomic E-state index is 13.4. The van der Waals surface area contributed by atoms with E-state index in [1.807, 2.05) is 24.3 Å². The molecule has 5 nitrogen and oxygen atoms in total. The fraction of sp³-hybridized carbons (Fsp3) is 0.192. The second-order valence-corrected chi connectivity index (χ2v) is 8.16. The van der Waals surface area contributed by atoms with Gasteiger partial charge in [0, 0.05) is 55.0 Å². The van der Waals surface area contributed by atoms with E-state index in [9.17, 15) is 9.18 Å². The van der Waals surface area contributed by atoms with Gasteiger partial charge in [0.1, 0.15) is 11.5 Å². The minimum atomic E-state index is -0.319. The van der Waals surface area contributed by atoms with Gasteiger partial charge in [-0.25, -0.2) is 4.39 Å². The van der Waals surface area contributed by atoms with Gasteiger partial charge in [0.2, 0.25) is 0 Å². The summed E-state index contributed by atoms with van der Waals surface area (Å²) in [6.07, 6.45) is 0. The van der Waals surface area contributed by atoms with Crippen molar-refractivity contribution >= 4 is 28.2 Å². The third-order valence-corrected chi connectivity index (χ3v) is 5.94. The second-order valence-electron chi connectivity index (χ2n) is 8.16. The van der Waals surface area contributed by atoms with E-state index >= 15 is 0 Å². The number of piperazine rings is 1. The molecular formula is C26H25FN4O. The smallest absolute Gasteiger partial charge is 0.272 e. The molecule has 1 aromatic heterocycles. The number of halogens is 1. The van der Waals surface area contributed by atoms with Crippen LogP contribution in [0.15, 0.2) is 78.9 Å². The van der Waals surface area contributed by atoms with Crippen molar-refractivity contribution in [1.29, 1.82) is 0 Å². The molecule has 4 aromatic rings. The van der Waals surface area contributed by atoms with E-state index in [0.29, 0.717) is 11.1 Å². The average molecular weight is 429 g/mol. The molecule has 2 heterocycles. The van der Waals surface area contributed by atoms with Crippen LogP contribution in [0.2, 0.25) is 0 Å². The molecule has 0 spiro atoms. The van der Waals surface area contributed by atoms with Crippen LogP contribution < -0.4 is 10.2 Å². The molecule has 2 N–H and O–H groups in total.